The molecular formula is C34H26ClN3. The van der Waals surface area contributed by atoms with Crippen LogP contribution in [0.4, 0.5) is 5.69 Å². The summed E-state index contributed by atoms with van der Waals surface area (Å²) in [5, 5.41) is 19.4. The zero-order valence-electron chi connectivity index (χ0n) is 20.9. The largest absolute Gasteiger partial charge is 0.278 e. The molecule has 3 nitrogen and oxygen atoms in total. The van der Waals surface area contributed by atoms with Crippen molar-refractivity contribution in [3.8, 4) is 22.3 Å². The van der Waals surface area contributed by atoms with E-state index in [0.29, 0.717) is 5.02 Å². The zero-order chi connectivity index (χ0) is 25.5. The summed E-state index contributed by atoms with van der Waals surface area (Å²) in [5.41, 5.74) is 5.26. The van der Waals surface area contributed by atoms with Gasteiger partial charge < -0.3 is 0 Å². The van der Waals surface area contributed by atoms with Crippen LogP contribution >= 0.6 is 11.6 Å². The van der Waals surface area contributed by atoms with Gasteiger partial charge in [-0.2, -0.15) is 0 Å². The van der Waals surface area contributed by atoms with E-state index in [2.05, 4.69) is 101 Å². The molecule has 0 bridgehead atoms. The Morgan fingerprint density at radius 3 is 1.84 bits per heavy atom. The van der Waals surface area contributed by atoms with Crippen LogP contribution in [0.15, 0.2) is 120 Å². The summed E-state index contributed by atoms with van der Waals surface area (Å²) < 4.78 is 0. The average molecular weight is 512 g/mol. The van der Waals surface area contributed by atoms with Crippen LogP contribution in [-0.4, -0.2) is 18.1 Å². The van der Waals surface area contributed by atoms with E-state index in [9.17, 15) is 0 Å². The summed E-state index contributed by atoms with van der Waals surface area (Å²) >= 11 is 6.60. The second kappa shape index (κ2) is 9.59. The van der Waals surface area contributed by atoms with Gasteiger partial charge in [-0.3, -0.25) is 5.01 Å². The highest BCUT2D eigenvalue weighted by atomic mass is 35.5. The molecule has 0 radical (unpaired) electrons. The monoisotopic (exact) mass is 511 g/mol. The van der Waals surface area contributed by atoms with Gasteiger partial charge in [0.1, 0.15) is 0 Å². The third-order valence-electron chi connectivity index (χ3n) is 7.55. The minimum absolute atomic E-state index is 0.683. The molecule has 0 spiro atoms. The molecule has 38 heavy (non-hydrogen) atoms. The van der Waals surface area contributed by atoms with Gasteiger partial charge in [-0.15, -0.1) is 5.11 Å². The molecule has 1 heterocycles. The molecule has 1 aliphatic rings. The third kappa shape index (κ3) is 4.09. The molecule has 4 heteroatoms. The lowest BCUT2D eigenvalue weighted by Crippen LogP contribution is -2.09. The second-order valence-electron chi connectivity index (χ2n) is 9.95. The Balaban J connectivity index is 1.53. The molecule has 0 saturated carbocycles. The molecule has 0 unspecified atom stereocenters. The van der Waals surface area contributed by atoms with Crippen molar-refractivity contribution in [1.29, 1.82) is 0 Å². The van der Waals surface area contributed by atoms with Gasteiger partial charge in [0.05, 0.1) is 5.69 Å². The molecule has 0 N–H and O–H groups in total. The maximum atomic E-state index is 6.60. The van der Waals surface area contributed by atoms with E-state index in [1.54, 1.807) is 0 Å². The van der Waals surface area contributed by atoms with Crippen LogP contribution in [0.2, 0.25) is 5.02 Å². The van der Waals surface area contributed by atoms with E-state index >= 15 is 0 Å². The van der Waals surface area contributed by atoms with Crippen molar-refractivity contribution in [2.45, 2.75) is 12.8 Å². The minimum atomic E-state index is 0.683. The topological polar surface area (TPSA) is 28.0 Å². The number of nitrogens with zero attached hydrogens (tertiary/aromatic N) is 3. The van der Waals surface area contributed by atoms with Gasteiger partial charge in [0.2, 0.25) is 0 Å². The summed E-state index contributed by atoms with van der Waals surface area (Å²) in [4.78, 5) is 0. The van der Waals surface area contributed by atoms with Crippen LogP contribution in [0.3, 0.4) is 0 Å². The summed E-state index contributed by atoms with van der Waals surface area (Å²) in [7, 11) is 0. The van der Waals surface area contributed by atoms with Gasteiger partial charge in [-0.25, -0.2) is 0 Å². The number of hydrogen-bond donors (Lipinski definition) is 0. The Kier molecular flexibility index (Phi) is 5.79. The highest BCUT2D eigenvalue weighted by Crippen LogP contribution is 2.44. The predicted octanol–water partition coefficient (Wildman–Crippen LogP) is 10.2. The van der Waals surface area contributed by atoms with Crippen LogP contribution < -0.4 is 0 Å². The Bertz CT molecular complexity index is 1850. The molecular weight excluding hydrogens is 486 g/mol. The first-order valence-corrected chi connectivity index (χ1v) is 13.5. The summed E-state index contributed by atoms with van der Waals surface area (Å²) in [6.45, 7) is 1.91. The van der Waals surface area contributed by atoms with E-state index in [1.807, 2.05) is 18.2 Å². The van der Waals surface area contributed by atoms with Crippen molar-refractivity contribution in [3.63, 3.8) is 0 Å². The quantitative estimate of drug-likeness (QED) is 0.171. The van der Waals surface area contributed by atoms with Crippen molar-refractivity contribution < 1.29 is 0 Å². The molecule has 0 aromatic heterocycles. The molecule has 0 amide bonds. The number of hydrogen-bond acceptors (Lipinski definition) is 2. The number of benzene rings is 6. The number of rotatable bonds is 4. The first kappa shape index (κ1) is 22.9. The molecule has 6 aromatic carbocycles. The van der Waals surface area contributed by atoms with E-state index in [-0.39, 0.29) is 0 Å². The maximum Gasteiger partial charge on any atom is 0.0953 e. The molecule has 1 aliphatic heterocycles. The normalized spacial score (nSPS) is 13.9. The molecule has 7 rings (SSSR count). The predicted molar refractivity (Wildman–Crippen MR) is 160 cm³/mol. The maximum absolute atomic E-state index is 6.60. The SMILES string of the molecule is Clc1ccc(N=NN2CCCC2)c(-c2cc3ccccc3cc2-c2cc3ccccc3c3ccccc23)c1. The molecule has 0 aliphatic carbocycles. The first-order chi connectivity index (χ1) is 18.7. The Morgan fingerprint density at radius 1 is 0.526 bits per heavy atom. The first-order valence-electron chi connectivity index (χ1n) is 13.1. The third-order valence-corrected chi connectivity index (χ3v) is 7.79. The minimum Gasteiger partial charge on any atom is -0.278 e. The van der Waals surface area contributed by atoms with Crippen LogP contribution in [0.1, 0.15) is 12.8 Å². The summed E-state index contributed by atoms with van der Waals surface area (Å²) in [6.07, 6.45) is 2.33. The van der Waals surface area contributed by atoms with Gasteiger partial charge in [0.15, 0.2) is 0 Å². The molecule has 1 fully saturated rings. The number of fused-ring (bicyclic) bond motifs is 4. The van der Waals surface area contributed by atoms with E-state index in [1.165, 1.54) is 37.9 Å². The fourth-order valence-corrected chi connectivity index (χ4v) is 5.85. The van der Waals surface area contributed by atoms with Crippen molar-refractivity contribution in [3.05, 3.63) is 114 Å². The summed E-state index contributed by atoms with van der Waals surface area (Å²) in [6, 6.07) is 38.6. The highest BCUT2D eigenvalue weighted by molar-refractivity contribution is 6.31. The number of halogens is 1. The Hall–Kier alpha value is -4.21. The Labute approximate surface area is 227 Å². The lowest BCUT2D eigenvalue weighted by molar-refractivity contribution is 0.337. The summed E-state index contributed by atoms with van der Waals surface area (Å²) in [5.74, 6) is 0. The smallest absolute Gasteiger partial charge is 0.0953 e. The second-order valence-corrected chi connectivity index (χ2v) is 10.4. The lowest BCUT2D eigenvalue weighted by atomic mass is 9.87. The fourth-order valence-electron chi connectivity index (χ4n) is 5.68. The standard InChI is InChI=1S/C34H26ClN3/c35-26-15-16-34(36-37-38-17-7-8-18-38)33(22-26)32-20-24-10-2-1-9-23(24)19-31(32)30-21-25-11-3-4-12-27(25)28-13-5-6-14-29(28)30/h1-6,9-16,19-22H,7-8,17-18H2. The van der Waals surface area contributed by atoms with Gasteiger partial charge >= 0.3 is 0 Å². The highest BCUT2D eigenvalue weighted by Gasteiger charge is 2.17. The molecule has 184 valence electrons. The van der Waals surface area contributed by atoms with Crippen molar-refractivity contribution in [2.24, 2.45) is 10.3 Å². The lowest BCUT2D eigenvalue weighted by Gasteiger charge is -2.17. The molecule has 1 saturated heterocycles. The molecule has 0 atom stereocenters. The van der Waals surface area contributed by atoms with Gasteiger partial charge in [-0.1, -0.05) is 89.6 Å². The van der Waals surface area contributed by atoms with Crippen LogP contribution in [0.5, 0.6) is 0 Å². The average Bonchev–Trinajstić information content (AvgIpc) is 3.49. The van der Waals surface area contributed by atoms with Crippen molar-refractivity contribution in [1.82, 2.24) is 5.01 Å². The Morgan fingerprint density at radius 2 is 1.11 bits per heavy atom. The van der Waals surface area contributed by atoms with Crippen molar-refractivity contribution in [2.75, 3.05) is 13.1 Å². The van der Waals surface area contributed by atoms with Crippen LogP contribution in [0, 0.1) is 0 Å². The fraction of sp³-hybridized carbons (Fsp3) is 0.118. The zero-order valence-corrected chi connectivity index (χ0v) is 21.7. The van der Waals surface area contributed by atoms with Gasteiger partial charge in [0.25, 0.3) is 0 Å². The van der Waals surface area contributed by atoms with Gasteiger partial charge in [-0.05, 0) is 98.2 Å². The van der Waals surface area contributed by atoms with E-state index < -0.39 is 0 Å². The van der Waals surface area contributed by atoms with Crippen molar-refractivity contribution >= 4 is 49.6 Å². The van der Waals surface area contributed by atoms with Crippen LogP contribution in [0.25, 0.3) is 54.6 Å². The molecule has 6 aromatic rings. The van der Waals surface area contributed by atoms with Crippen LogP contribution in [-0.2, 0) is 0 Å². The van der Waals surface area contributed by atoms with Gasteiger partial charge in [0, 0.05) is 23.7 Å². The van der Waals surface area contributed by atoms with E-state index in [4.69, 9.17) is 16.7 Å². The van der Waals surface area contributed by atoms with E-state index in [0.717, 1.165) is 48.3 Å².